The maximum Gasteiger partial charge on any atom is 0.169 e. The molecule has 1 aliphatic heterocycles. The minimum atomic E-state index is 0.494. The van der Waals surface area contributed by atoms with Crippen LogP contribution in [0.1, 0.15) is 56.9 Å². The molecule has 1 saturated heterocycles. The smallest absolute Gasteiger partial charge is 0.169 e. The van der Waals surface area contributed by atoms with E-state index in [-0.39, 0.29) is 0 Å². The standard InChI is InChI=1S/C21H32ClN3S/c1-24-14-12-19(13-15-24)25(16-17-8-6-7-11-20(17)22)21(26)23-18-9-4-2-3-5-10-18/h6-8,11,18-19H,2-5,9-10,12-16H2,1H3,(H,23,26). The summed E-state index contributed by atoms with van der Waals surface area (Å²) in [5, 5.41) is 5.47. The first kappa shape index (κ1) is 19.9. The van der Waals surface area contributed by atoms with Crippen LogP contribution in [0.15, 0.2) is 24.3 Å². The van der Waals surface area contributed by atoms with E-state index < -0.39 is 0 Å². The average Bonchev–Trinajstić information content (AvgIpc) is 2.90. The molecule has 0 aromatic heterocycles. The summed E-state index contributed by atoms with van der Waals surface area (Å²) in [5.74, 6) is 0. The highest BCUT2D eigenvalue weighted by molar-refractivity contribution is 7.80. The maximum absolute atomic E-state index is 6.45. The van der Waals surface area contributed by atoms with Gasteiger partial charge in [0.1, 0.15) is 0 Å². The molecule has 2 aliphatic rings. The quantitative estimate of drug-likeness (QED) is 0.582. The van der Waals surface area contributed by atoms with Crippen molar-refractivity contribution in [1.29, 1.82) is 0 Å². The van der Waals surface area contributed by atoms with E-state index >= 15 is 0 Å². The third-order valence-corrected chi connectivity index (χ3v) is 6.59. The number of rotatable bonds is 4. The monoisotopic (exact) mass is 393 g/mol. The fourth-order valence-electron chi connectivity index (χ4n) is 4.16. The topological polar surface area (TPSA) is 18.5 Å². The largest absolute Gasteiger partial charge is 0.360 e. The molecule has 0 spiro atoms. The van der Waals surface area contributed by atoms with Gasteiger partial charge in [0.25, 0.3) is 0 Å². The van der Waals surface area contributed by atoms with Crippen molar-refractivity contribution in [3.63, 3.8) is 0 Å². The Hall–Kier alpha value is -0.840. The Morgan fingerprint density at radius 3 is 2.42 bits per heavy atom. The summed E-state index contributed by atoms with van der Waals surface area (Å²) in [7, 11) is 2.21. The maximum atomic E-state index is 6.45. The van der Waals surface area contributed by atoms with Crippen LogP contribution in [-0.4, -0.2) is 47.1 Å². The predicted octanol–water partition coefficient (Wildman–Crippen LogP) is 4.83. The first-order valence-corrected chi connectivity index (χ1v) is 10.9. The van der Waals surface area contributed by atoms with Crippen LogP contribution in [0.4, 0.5) is 0 Å². The Morgan fingerprint density at radius 2 is 1.77 bits per heavy atom. The molecule has 3 nitrogen and oxygen atoms in total. The number of nitrogens with one attached hydrogen (secondary N) is 1. The minimum absolute atomic E-state index is 0.494. The van der Waals surface area contributed by atoms with Crippen molar-refractivity contribution in [3.05, 3.63) is 34.9 Å². The van der Waals surface area contributed by atoms with Gasteiger partial charge in [0.2, 0.25) is 0 Å². The van der Waals surface area contributed by atoms with E-state index in [2.05, 4.69) is 34.3 Å². The minimum Gasteiger partial charge on any atom is -0.360 e. The molecule has 144 valence electrons. The second-order valence-corrected chi connectivity index (χ2v) is 8.69. The molecule has 0 unspecified atom stereocenters. The lowest BCUT2D eigenvalue weighted by Crippen LogP contribution is -2.51. The molecular formula is C21H32ClN3S. The van der Waals surface area contributed by atoms with Crippen molar-refractivity contribution in [3.8, 4) is 0 Å². The molecule has 0 radical (unpaired) electrons. The molecule has 26 heavy (non-hydrogen) atoms. The highest BCUT2D eigenvalue weighted by atomic mass is 35.5. The zero-order valence-corrected chi connectivity index (χ0v) is 17.5. The molecule has 5 heteroatoms. The van der Waals surface area contributed by atoms with E-state index in [1.54, 1.807) is 0 Å². The Morgan fingerprint density at radius 1 is 1.12 bits per heavy atom. The number of nitrogens with zero attached hydrogens (tertiary/aromatic N) is 2. The van der Waals surface area contributed by atoms with Gasteiger partial charge in [-0.2, -0.15) is 0 Å². The third kappa shape index (κ3) is 5.58. The lowest BCUT2D eigenvalue weighted by Gasteiger charge is -2.40. The number of hydrogen-bond acceptors (Lipinski definition) is 2. The summed E-state index contributed by atoms with van der Waals surface area (Å²) in [6.07, 6.45) is 10.2. The van der Waals surface area contributed by atoms with Gasteiger partial charge in [-0.1, -0.05) is 55.5 Å². The summed E-state index contributed by atoms with van der Waals surface area (Å²) < 4.78 is 0. The lowest BCUT2D eigenvalue weighted by molar-refractivity contribution is 0.170. The van der Waals surface area contributed by atoms with E-state index in [4.69, 9.17) is 23.8 Å². The number of piperidine rings is 1. The van der Waals surface area contributed by atoms with Crippen LogP contribution >= 0.6 is 23.8 Å². The van der Waals surface area contributed by atoms with Crippen molar-refractivity contribution in [1.82, 2.24) is 15.1 Å². The first-order valence-electron chi connectivity index (χ1n) is 10.1. The molecule has 1 saturated carbocycles. The van der Waals surface area contributed by atoms with Crippen molar-refractivity contribution in [2.45, 2.75) is 70.0 Å². The molecule has 1 aromatic rings. The highest BCUT2D eigenvalue weighted by Crippen LogP contribution is 2.24. The molecule has 3 rings (SSSR count). The first-order chi connectivity index (χ1) is 12.6. The van der Waals surface area contributed by atoms with E-state index in [0.29, 0.717) is 12.1 Å². The molecular weight excluding hydrogens is 362 g/mol. The lowest BCUT2D eigenvalue weighted by atomic mass is 10.0. The van der Waals surface area contributed by atoms with Gasteiger partial charge in [-0.15, -0.1) is 0 Å². The second-order valence-electron chi connectivity index (χ2n) is 7.89. The summed E-state index contributed by atoms with van der Waals surface area (Å²) in [4.78, 5) is 4.82. The van der Waals surface area contributed by atoms with Gasteiger partial charge >= 0.3 is 0 Å². The van der Waals surface area contributed by atoms with Gasteiger partial charge in [-0.3, -0.25) is 0 Å². The van der Waals surface area contributed by atoms with Gasteiger partial charge in [-0.25, -0.2) is 0 Å². The Kier molecular flexibility index (Phi) is 7.59. The van der Waals surface area contributed by atoms with E-state index in [1.807, 2.05) is 12.1 Å². The molecule has 2 fully saturated rings. The van der Waals surface area contributed by atoms with Gasteiger partial charge in [0, 0.05) is 23.7 Å². The predicted molar refractivity (Wildman–Crippen MR) is 115 cm³/mol. The van der Waals surface area contributed by atoms with Crippen LogP contribution < -0.4 is 5.32 Å². The number of benzene rings is 1. The molecule has 0 atom stereocenters. The fourth-order valence-corrected chi connectivity index (χ4v) is 4.74. The van der Waals surface area contributed by atoms with Gasteiger partial charge < -0.3 is 15.1 Å². The van der Waals surface area contributed by atoms with Crippen molar-refractivity contribution in [2.24, 2.45) is 0 Å². The Labute approximate surface area is 169 Å². The Bertz CT molecular complexity index is 578. The Balaban J connectivity index is 1.71. The SMILES string of the molecule is CN1CCC(N(Cc2ccccc2Cl)C(=S)NC2CCCCCC2)CC1. The van der Waals surface area contributed by atoms with Gasteiger partial charge in [0.15, 0.2) is 5.11 Å². The summed E-state index contributed by atoms with van der Waals surface area (Å²) >= 11 is 12.4. The summed E-state index contributed by atoms with van der Waals surface area (Å²) in [6, 6.07) is 9.19. The van der Waals surface area contributed by atoms with Crippen molar-refractivity contribution in [2.75, 3.05) is 20.1 Å². The normalized spacial score (nSPS) is 20.5. The van der Waals surface area contributed by atoms with Crippen molar-refractivity contribution < 1.29 is 0 Å². The number of hydrogen-bond donors (Lipinski definition) is 1. The van der Waals surface area contributed by atoms with Crippen LogP contribution in [-0.2, 0) is 6.54 Å². The molecule has 0 bridgehead atoms. The van der Waals surface area contributed by atoms with E-state index in [0.717, 1.165) is 48.2 Å². The molecule has 1 heterocycles. The van der Waals surface area contributed by atoms with Crippen LogP contribution in [0.25, 0.3) is 0 Å². The van der Waals surface area contributed by atoms with Crippen LogP contribution in [0.2, 0.25) is 5.02 Å². The average molecular weight is 394 g/mol. The van der Waals surface area contributed by atoms with Gasteiger partial charge in [0.05, 0.1) is 0 Å². The fraction of sp³-hybridized carbons (Fsp3) is 0.667. The zero-order chi connectivity index (χ0) is 18.4. The molecule has 1 aromatic carbocycles. The second kappa shape index (κ2) is 9.91. The molecule has 1 aliphatic carbocycles. The molecule has 0 amide bonds. The van der Waals surface area contributed by atoms with Gasteiger partial charge in [-0.05, 0) is 69.7 Å². The van der Waals surface area contributed by atoms with Crippen molar-refractivity contribution >= 4 is 28.9 Å². The summed E-state index contributed by atoms with van der Waals surface area (Å²) in [5.41, 5.74) is 1.16. The highest BCUT2D eigenvalue weighted by Gasteiger charge is 2.27. The van der Waals surface area contributed by atoms with Crippen LogP contribution in [0.5, 0.6) is 0 Å². The number of thiocarbonyl (C=S) groups is 1. The number of halogens is 1. The van der Waals surface area contributed by atoms with E-state index in [1.165, 1.54) is 38.5 Å². The zero-order valence-electron chi connectivity index (χ0n) is 15.9. The van der Waals surface area contributed by atoms with Crippen LogP contribution in [0.3, 0.4) is 0 Å². The third-order valence-electron chi connectivity index (χ3n) is 5.87. The summed E-state index contributed by atoms with van der Waals surface area (Å²) in [6.45, 7) is 3.07. The number of likely N-dealkylation sites (tertiary alicyclic amines) is 1. The van der Waals surface area contributed by atoms with Crippen LogP contribution in [0, 0.1) is 0 Å². The van der Waals surface area contributed by atoms with E-state index in [9.17, 15) is 0 Å². The molecule has 1 N–H and O–H groups in total.